The molecule has 98 valence electrons. The largest absolute Gasteiger partial charge is 0.480 e. The van der Waals surface area contributed by atoms with Crippen molar-refractivity contribution in [1.29, 1.82) is 0 Å². The molecule has 2 atom stereocenters. The molecule has 0 saturated carbocycles. The molecule has 4 nitrogen and oxygen atoms in total. The number of aromatic nitrogens is 1. The fourth-order valence-electron chi connectivity index (χ4n) is 2.26. The number of hydrogen-bond acceptors (Lipinski definition) is 4. The Bertz CT molecular complexity index is 617. The quantitative estimate of drug-likeness (QED) is 0.880. The predicted octanol–water partition coefficient (Wildman–Crippen LogP) is 2.41. The summed E-state index contributed by atoms with van der Waals surface area (Å²) in [6, 6.07) is 9.57. The minimum Gasteiger partial charge on any atom is -0.480 e. The molecular formula is C14H14N2O2S. The standard InChI is InChI=1S/C14H14N2O2S/c17-14(18)12-5-7-19-13(16-12)10-3-4-11-9(8-10)2-1-6-15-11/h1-4,6,8,12-13,16H,5,7H2,(H,17,18). The lowest BCUT2D eigenvalue weighted by Crippen LogP contribution is -2.41. The van der Waals surface area contributed by atoms with Crippen molar-refractivity contribution in [2.75, 3.05) is 5.75 Å². The second-order valence-corrected chi connectivity index (χ2v) is 5.77. The Balaban J connectivity index is 1.89. The van der Waals surface area contributed by atoms with Crippen LogP contribution >= 0.6 is 11.8 Å². The van der Waals surface area contributed by atoms with E-state index < -0.39 is 12.0 Å². The molecule has 1 aromatic carbocycles. The van der Waals surface area contributed by atoms with Crippen molar-refractivity contribution in [3.63, 3.8) is 0 Å². The summed E-state index contributed by atoms with van der Waals surface area (Å²) >= 11 is 1.75. The van der Waals surface area contributed by atoms with Gasteiger partial charge in [-0.1, -0.05) is 12.1 Å². The molecule has 1 saturated heterocycles. The number of pyridine rings is 1. The van der Waals surface area contributed by atoms with Gasteiger partial charge in [-0.3, -0.25) is 15.1 Å². The van der Waals surface area contributed by atoms with E-state index in [4.69, 9.17) is 5.11 Å². The summed E-state index contributed by atoms with van der Waals surface area (Å²) in [7, 11) is 0. The SMILES string of the molecule is O=C(O)C1CCSC(c2ccc3ncccc3c2)N1. The lowest BCUT2D eigenvalue weighted by molar-refractivity contribution is -0.139. The Hall–Kier alpha value is -1.59. The van der Waals surface area contributed by atoms with Crippen LogP contribution in [0.5, 0.6) is 0 Å². The van der Waals surface area contributed by atoms with E-state index >= 15 is 0 Å². The third-order valence-electron chi connectivity index (χ3n) is 3.27. The Labute approximate surface area is 115 Å². The zero-order valence-electron chi connectivity index (χ0n) is 10.2. The van der Waals surface area contributed by atoms with E-state index in [1.807, 2.05) is 24.3 Å². The minimum atomic E-state index is -0.771. The molecule has 2 unspecified atom stereocenters. The number of nitrogens with one attached hydrogen (secondary N) is 1. The number of hydrogen-bond donors (Lipinski definition) is 2. The minimum absolute atomic E-state index is 0.0412. The van der Waals surface area contributed by atoms with E-state index in [-0.39, 0.29) is 5.37 Å². The van der Waals surface area contributed by atoms with E-state index in [0.29, 0.717) is 6.42 Å². The lowest BCUT2D eigenvalue weighted by Gasteiger charge is -2.28. The van der Waals surface area contributed by atoms with Crippen LogP contribution in [-0.4, -0.2) is 27.9 Å². The highest BCUT2D eigenvalue weighted by Crippen LogP contribution is 2.32. The maximum atomic E-state index is 11.1. The van der Waals surface area contributed by atoms with E-state index in [0.717, 1.165) is 22.2 Å². The van der Waals surface area contributed by atoms with Crippen molar-refractivity contribution in [2.45, 2.75) is 17.8 Å². The van der Waals surface area contributed by atoms with Crippen LogP contribution in [0.15, 0.2) is 36.5 Å². The average Bonchev–Trinajstić information content (AvgIpc) is 2.47. The molecular weight excluding hydrogens is 260 g/mol. The van der Waals surface area contributed by atoms with Gasteiger partial charge in [-0.05, 0) is 35.9 Å². The zero-order valence-corrected chi connectivity index (χ0v) is 11.1. The number of thioether (sulfide) groups is 1. The third kappa shape index (κ3) is 2.57. The first-order valence-corrected chi connectivity index (χ1v) is 7.24. The van der Waals surface area contributed by atoms with Gasteiger partial charge in [0.1, 0.15) is 6.04 Å². The summed E-state index contributed by atoms with van der Waals surface area (Å²) in [4.78, 5) is 15.4. The number of benzene rings is 1. The van der Waals surface area contributed by atoms with Crippen LogP contribution in [0, 0.1) is 0 Å². The molecule has 19 heavy (non-hydrogen) atoms. The van der Waals surface area contributed by atoms with Gasteiger partial charge < -0.3 is 5.11 Å². The van der Waals surface area contributed by atoms with Crippen LogP contribution in [0.3, 0.4) is 0 Å². The molecule has 2 heterocycles. The number of carbonyl (C=O) groups is 1. The number of carboxylic acid groups (broad SMARTS) is 1. The van der Waals surface area contributed by atoms with Crippen LogP contribution in [-0.2, 0) is 4.79 Å². The first kappa shape index (κ1) is 12.4. The van der Waals surface area contributed by atoms with Gasteiger partial charge in [0.2, 0.25) is 0 Å². The van der Waals surface area contributed by atoms with Crippen LogP contribution in [0.2, 0.25) is 0 Å². The molecule has 2 N–H and O–H groups in total. The maximum Gasteiger partial charge on any atom is 0.320 e. The molecule has 1 aliphatic rings. The average molecular weight is 274 g/mol. The van der Waals surface area contributed by atoms with Crippen LogP contribution in [0.4, 0.5) is 0 Å². The smallest absolute Gasteiger partial charge is 0.320 e. The molecule has 0 aliphatic carbocycles. The molecule has 1 aliphatic heterocycles. The van der Waals surface area contributed by atoms with Crippen molar-refractivity contribution in [2.24, 2.45) is 0 Å². The summed E-state index contributed by atoms with van der Waals surface area (Å²) < 4.78 is 0. The molecule has 0 bridgehead atoms. The highest BCUT2D eigenvalue weighted by molar-refractivity contribution is 7.99. The molecule has 1 aromatic heterocycles. The highest BCUT2D eigenvalue weighted by atomic mass is 32.2. The molecule has 3 rings (SSSR count). The molecule has 0 spiro atoms. The second-order valence-electron chi connectivity index (χ2n) is 4.55. The van der Waals surface area contributed by atoms with Crippen LogP contribution in [0.25, 0.3) is 10.9 Å². The van der Waals surface area contributed by atoms with Gasteiger partial charge in [0.25, 0.3) is 0 Å². The van der Waals surface area contributed by atoms with Crippen LogP contribution < -0.4 is 5.32 Å². The highest BCUT2D eigenvalue weighted by Gasteiger charge is 2.27. The Morgan fingerprint density at radius 1 is 1.42 bits per heavy atom. The Morgan fingerprint density at radius 2 is 2.32 bits per heavy atom. The number of rotatable bonds is 2. The van der Waals surface area contributed by atoms with Gasteiger partial charge in [-0.2, -0.15) is 0 Å². The Kier molecular flexibility index (Phi) is 3.40. The number of aliphatic carboxylic acids is 1. The van der Waals surface area contributed by atoms with E-state index in [9.17, 15) is 4.79 Å². The lowest BCUT2D eigenvalue weighted by atomic mass is 10.1. The maximum absolute atomic E-state index is 11.1. The normalized spacial score (nSPS) is 23.4. The fraction of sp³-hybridized carbons (Fsp3) is 0.286. The molecule has 0 radical (unpaired) electrons. The monoisotopic (exact) mass is 274 g/mol. The predicted molar refractivity (Wildman–Crippen MR) is 76.1 cm³/mol. The van der Waals surface area contributed by atoms with Crippen molar-refractivity contribution >= 4 is 28.6 Å². The first-order chi connectivity index (χ1) is 9.24. The van der Waals surface area contributed by atoms with Gasteiger partial charge in [0, 0.05) is 11.6 Å². The van der Waals surface area contributed by atoms with Gasteiger partial charge in [-0.25, -0.2) is 0 Å². The summed E-state index contributed by atoms with van der Waals surface area (Å²) in [5, 5.41) is 13.4. The topological polar surface area (TPSA) is 62.2 Å². The molecule has 0 amide bonds. The second kappa shape index (κ2) is 5.19. The van der Waals surface area contributed by atoms with Gasteiger partial charge in [0.15, 0.2) is 0 Å². The Morgan fingerprint density at radius 3 is 3.16 bits per heavy atom. The third-order valence-corrected chi connectivity index (χ3v) is 4.48. The van der Waals surface area contributed by atoms with Gasteiger partial charge in [0.05, 0.1) is 10.9 Å². The zero-order chi connectivity index (χ0) is 13.2. The summed E-state index contributed by atoms with van der Waals surface area (Å²) in [5.74, 6) is 0.0902. The van der Waals surface area contributed by atoms with Crippen molar-refractivity contribution in [1.82, 2.24) is 10.3 Å². The first-order valence-electron chi connectivity index (χ1n) is 6.19. The summed E-state index contributed by atoms with van der Waals surface area (Å²) in [6.07, 6.45) is 2.45. The molecule has 5 heteroatoms. The number of carboxylic acids is 1. The van der Waals surface area contributed by atoms with E-state index in [2.05, 4.69) is 16.4 Å². The van der Waals surface area contributed by atoms with Crippen molar-refractivity contribution in [3.05, 3.63) is 42.1 Å². The fourth-order valence-corrected chi connectivity index (χ4v) is 3.47. The van der Waals surface area contributed by atoms with Gasteiger partial charge in [-0.15, -0.1) is 11.8 Å². The van der Waals surface area contributed by atoms with E-state index in [1.165, 1.54) is 0 Å². The van der Waals surface area contributed by atoms with Crippen molar-refractivity contribution < 1.29 is 9.90 Å². The van der Waals surface area contributed by atoms with Crippen molar-refractivity contribution in [3.8, 4) is 0 Å². The summed E-state index contributed by atoms with van der Waals surface area (Å²) in [5.41, 5.74) is 2.07. The molecule has 1 fully saturated rings. The van der Waals surface area contributed by atoms with Crippen LogP contribution in [0.1, 0.15) is 17.4 Å². The van der Waals surface area contributed by atoms with Gasteiger partial charge >= 0.3 is 5.97 Å². The van der Waals surface area contributed by atoms with E-state index in [1.54, 1.807) is 18.0 Å². The number of nitrogens with zero attached hydrogens (tertiary/aromatic N) is 1. The number of fused-ring (bicyclic) bond motifs is 1. The molecule has 2 aromatic rings. The summed E-state index contributed by atoms with van der Waals surface area (Å²) in [6.45, 7) is 0.